The van der Waals surface area contributed by atoms with Gasteiger partial charge in [0.2, 0.25) is 17.7 Å². The SMILES string of the molecule is CNC(=O)[C@H](Cc1ccc(OC)cc1)NC(=O)[C@@H](CC(C)C)[C@H](CC(=O)NC(CC(C)C)C(=O)O)SC(C)=O. The Labute approximate surface area is 235 Å². The number of hydrogen-bond acceptors (Lipinski definition) is 7. The Hall–Kier alpha value is -3.08. The van der Waals surface area contributed by atoms with Crippen LogP contribution in [0.4, 0.5) is 0 Å². The van der Waals surface area contributed by atoms with Crippen molar-refractivity contribution in [3.8, 4) is 5.75 Å². The fourth-order valence-electron chi connectivity index (χ4n) is 4.20. The molecule has 39 heavy (non-hydrogen) atoms. The van der Waals surface area contributed by atoms with Gasteiger partial charge in [-0.3, -0.25) is 19.2 Å². The first-order chi connectivity index (χ1) is 18.3. The number of carboxylic acid groups (broad SMARTS) is 1. The number of carboxylic acids is 1. The maximum atomic E-state index is 13.6. The van der Waals surface area contributed by atoms with Gasteiger partial charge in [-0.15, -0.1) is 0 Å². The van der Waals surface area contributed by atoms with Gasteiger partial charge in [-0.2, -0.15) is 0 Å². The summed E-state index contributed by atoms with van der Waals surface area (Å²) in [6, 6.07) is 5.19. The van der Waals surface area contributed by atoms with Crippen molar-refractivity contribution in [1.82, 2.24) is 16.0 Å². The maximum Gasteiger partial charge on any atom is 0.326 e. The van der Waals surface area contributed by atoms with Crippen LogP contribution in [0.1, 0.15) is 59.4 Å². The minimum absolute atomic E-state index is 0.0422. The van der Waals surface area contributed by atoms with Crippen molar-refractivity contribution in [2.45, 2.75) is 77.6 Å². The van der Waals surface area contributed by atoms with Crippen molar-refractivity contribution < 1.29 is 33.8 Å². The first-order valence-electron chi connectivity index (χ1n) is 13.1. The van der Waals surface area contributed by atoms with Crippen LogP contribution in [0.3, 0.4) is 0 Å². The van der Waals surface area contributed by atoms with Crippen molar-refractivity contribution in [3.05, 3.63) is 29.8 Å². The van der Waals surface area contributed by atoms with Gasteiger partial charge in [-0.25, -0.2) is 4.79 Å². The molecule has 0 aliphatic rings. The second-order valence-corrected chi connectivity index (χ2v) is 11.8. The molecule has 10 nitrogen and oxygen atoms in total. The molecule has 1 aromatic rings. The predicted molar refractivity (Wildman–Crippen MR) is 151 cm³/mol. The molecule has 0 fully saturated rings. The highest BCUT2D eigenvalue weighted by molar-refractivity contribution is 8.14. The largest absolute Gasteiger partial charge is 0.497 e. The van der Waals surface area contributed by atoms with E-state index in [4.69, 9.17) is 4.74 Å². The zero-order chi connectivity index (χ0) is 29.7. The van der Waals surface area contributed by atoms with Crippen molar-refractivity contribution >= 4 is 40.6 Å². The topological polar surface area (TPSA) is 151 Å². The Kier molecular flexibility index (Phi) is 14.6. The van der Waals surface area contributed by atoms with Gasteiger partial charge < -0.3 is 25.8 Å². The Bertz CT molecular complexity index is 982. The van der Waals surface area contributed by atoms with E-state index in [1.807, 2.05) is 27.7 Å². The summed E-state index contributed by atoms with van der Waals surface area (Å²) < 4.78 is 5.18. The van der Waals surface area contributed by atoms with Crippen LogP contribution >= 0.6 is 11.8 Å². The number of benzene rings is 1. The lowest BCUT2D eigenvalue weighted by molar-refractivity contribution is -0.142. The highest BCUT2D eigenvalue weighted by atomic mass is 32.2. The minimum Gasteiger partial charge on any atom is -0.497 e. The lowest BCUT2D eigenvalue weighted by Gasteiger charge is -2.29. The number of hydrogen-bond donors (Lipinski definition) is 4. The molecule has 0 bridgehead atoms. The summed E-state index contributed by atoms with van der Waals surface area (Å²) in [7, 11) is 3.04. The number of nitrogens with one attached hydrogen (secondary N) is 3. The molecular formula is C28H43N3O7S. The first kappa shape index (κ1) is 33.9. The molecule has 1 unspecified atom stereocenters. The van der Waals surface area contributed by atoms with E-state index >= 15 is 0 Å². The van der Waals surface area contributed by atoms with Crippen LogP contribution < -0.4 is 20.7 Å². The Balaban J connectivity index is 3.19. The smallest absolute Gasteiger partial charge is 0.326 e. The summed E-state index contributed by atoms with van der Waals surface area (Å²) in [5, 5.41) is 16.4. The summed E-state index contributed by atoms with van der Waals surface area (Å²) in [6.07, 6.45) is 0.617. The van der Waals surface area contributed by atoms with Crippen LogP contribution in [0, 0.1) is 17.8 Å². The first-order valence-corrected chi connectivity index (χ1v) is 14.0. The van der Waals surface area contributed by atoms with E-state index in [2.05, 4.69) is 16.0 Å². The average Bonchev–Trinajstić information content (AvgIpc) is 2.85. The van der Waals surface area contributed by atoms with Crippen LogP contribution in [0.25, 0.3) is 0 Å². The third kappa shape index (κ3) is 12.5. The summed E-state index contributed by atoms with van der Waals surface area (Å²) in [5.41, 5.74) is 0.809. The Morgan fingerprint density at radius 2 is 1.49 bits per heavy atom. The Morgan fingerprint density at radius 1 is 0.897 bits per heavy atom. The summed E-state index contributed by atoms with van der Waals surface area (Å²) >= 11 is 0.883. The van der Waals surface area contributed by atoms with Gasteiger partial charge in [0, 0.05) is 32.1 Å². The normalized spacial score (nSPS) is 14.2. The standard InChI is InChI=1S/C28H43N3O7S/c1-16(2)12-21(24(39-18(5)32)15-25(33)30-23(28(36)37)13-17(3)4)26(34)31-22(27(35)29-6)14-19-8-10-20(38-7)11-9-19/h8-11,16-17,21-24H,12-15H2,1-7H3,(H,29,35)(H,30,33)(H,31,34)(H,36,37)/t21-,22-,23?,24-/m0/s1. The highest BCUT2D eigenvalue weighted by Crippen LogP contribution is 2.30. The molecule has 0 spiro atoms. The molecule has 0 aliphatic carbocycles. The van der Waals surface area contributed by atoms with E-state index in [0.717, 1.165) is 17.3 Å². The minimum atomic E-state index is -1.14. The molecule has 11 heteroatoms. The number of thioether (sulfide) groups is 1. The molecule has 0 saturated carbocycles. The van der Waals surface area contributed by atoms with Gasteiger partial charge in [0.1, 0.15) is 17.8 Å². The zero-order valence-electron chi connectivity index (χ0n) is 23.9. The van der Waals surface area contributed by atoms with E-state index in [-0.39, 0.29) is 42.1 Å². The number of aliphatic carboxylic acids is 1. The van der Waals surface area contributed by atoms with Crippen LogP contribution in [-0.2, 0) is 30.4 Å². The van der Waals surface area contributed by atoms with E-state index in [1.54, 1.807) is 31.4 Å². The number of carbonyl (C=O) groups is 5. The average molecular weight is 566 g/mol. The molecule has 4 atom stereocenters. The fraction of sp³-hybridized carbons (Fsp3) is 0.607. The van der Waals surface area contributed by atoms with E-state index < -0.39 is 41.0 Å². The molecule has 0 radical (unpaired) electrons. The number of methoxy groups -OCH3 is 1. The highest BCUT2D eigenvalue weighted by Gasteiger charge is 2.35. The van der Waals surface area contributed by atoms with Crippen LogP contribution in [0.15, 0.2) is 24.3 Å². The lowest BCUT2D eigenvalue weighted by atomic mass is 9.90. The molecule has 0 aromatic heterocycles. The van der Waals surface area contributed by atoms with Gasteiger partial charge in [-0.05, 0) is 42.4 Å². The van der Waals surface area contributed by atoms with E-state index in [1.165, 1.54) is 14.0 Å². The van der Waals surface area contributed by atoms with Gasteiger partial charge in [0.25, 0.3) is 0 Å². The second kappa shape index (κ2) is 16.8. The van der Waals surface area contributed by atoms with Crippen molar-refractivity contribution in [2.24, 2.45) is 17.8 Å². The Morgan fingerprint density at radius 3 is 1.95 bits per heavy atom. The molecule has 3 amide bonds. The van der Waals surface area contributed by atoms with Crippen molar-refractivity contribution in [3.63, 3.8) is 0 Å². The molecule has 0 heterocycles. The van der Waals surface area contributed by atoms with Crippen LogP contribution in [0.2, 0.25) is 0 Å². The van der Waals surface area contributed by atoms with Crippen molar-refractivity contribution in [2.75, 3.05) is 14.2 Å². The summed E-state index contributed by atoms with van der Waals surface area (Å²) in [4.78, 5) is 63.0. The predicted octanol–water partition coefficient (Wildman–Crippen LogP) is 2.78. The number of carbonyl (C=O) groups excluding carboxylic acids is 4. The third-order valence-electron chi connectivity index (χ3n) is 6.03. The van der Waals surface area contributed by atoms with Gasteiger partial charge in [0.05, 0.1) is 13.0 Å². The van der Waals surface area contributed by atoms with E-state index in [9.17, 15) is 29.1 Å². The molecule has 218 valence electrons. The number of likely N-dealkylation sites (N-methyl/N-ethyl adjacent to an activating group) is 1. The molecule has 1 aromatic carbocycles. The monoisotopic (exact) mass is 565 g/mol. The van der Waals surface area contributed by atoms with Gasteiger partial charge in [0.15, 0.2) is 5.12 Å². The third-order valence-corrected chi connectivity index (χ3v) is 7.16. The van der Waals surface area contributed by atoms with Gasteiger partial charge >= 0.3 is 5.97 Å². The summed E-state index contributed by atoms with van der Waals surface area (Å²) in [5.74, 6) is -2.55. The molecule has 0 saturated heterocycles. The fourth-order valence-corrected chi connectivity index (χ4v) is 5.26. The quantitative estimate of drug-likeness (QED) is 0.239. The maximum absolute atomic E-state index is 13.6. The van der Waals surface area contributed by atoms with Crippen LogP contribution in [-0.4, -0.2) is 65.4 Å². The molecule has 4 N–H and O–H groups in total. The molecule has 1 rings (SSSR count). The van der Waals surface area contributed by atoms with Gasteiger partial charge in [-0.1, -0.05) is 51.6 Å². The number of rotatable bonds is 16. The number of amides is 3. The molecular weight excluding hydrogens is 522 g/mol. The summed E-state index contributed by atoms with van der Waals surface area (Å²) in [6.45, 7) is 8.91. The molecule has 0 aliphatic heterocycles. The van der Waals surface area contributed by atoms with Crippen molar-refractivity contribution in [1.29, 1.82) is 0 Å². The van der Waals surface area contributed by atoms with Crippen LogP contribution in [0.5, 0.6) is 5.75 Å². The zero-order valence-corrected chi connectivity index (χ0v) is 24.7. The van der Waals surface area contributed by atoms with E-state index in [0.29, 0.717) is 12.2 Å². The number of ether oxygens (including phenoxy) is 1. The lowest BCUT2D eigenvalue weighted by Crippen LogP contribution is -2.51. The second-order valence-electron chi connectivity index (χ2n) is 10.4.